The van der Waals surface area contributed by atoms with Crippen LogP contribution in [0.15, 0.2) is 36.4 Å². The molecule has 0 saturated carbocycles. The lowest BCUT2D eigenvalue weighted by Gasteiger charge is -2.32. The minimum atomic E-state index is -0.838. The highest BCUT2D eigenvalue weighted by atomic mass is 19.1. The number of aromatic nitrogens is 1. The highest BCUT2D eigenvalue weighted by Gasteiger charge is 2.27. The van der Waals surface area contributed by atoms with Crippen molar-refractivity contribution in [3.8, 4) is 11.3 Å². The second kappa shape index (κ2) is 9.19. The van der Waals surface area contributed by atoms with E-state index in [-0.39, 0.29) is 24.2 Å². The number of amides is 2. The first-order chi connectivity index (χ1) is 15.8. The Hall–Kier alpha value is -3.46. The number of fused-ring (bicyclic) bond motifs is 1. The van der Waals surface area contributed by atoms with Crippen LogP contribution in [0.5, 0.6) is 0 Å². The summed E-state index contributed by atoms with van der Waals surface area (Å²) >= 11 is 0. The van der Waals surface area contributed by atoms with Crippen LogP contribution in [0.25, 0.3) is 22.2 Å². The topological polar surface area (TPSA) is 72.8 Å². The summed E-state index contributed by atoms with van der Waals surface area (Å²) in [4.78, 5) is 25.4. The van der Waals surface area contributed by atoms with Gasteiger partial charge in [-0.1, -0.05) is 11.6 Å². The van der Waals surface area contributed by atoms with E-state index < -0.39 is 29.7 Å². The summed E-state index contributed by atoms with van der Waals surface area (Å²) in [5.41, 5.74) is 1.79. The van der Waals surface area contributed by atoms with E-state index >= 15 is 8.78 Å². The van der Waals surface area contributed by atoms with Crippen molar-refractivity contribution in [2.75, 3.05) is 33.9 Å². The van der Waals surface area contributed by atoms with Gasteiger partial charge in [0.05, 0.1) is 44.2 Å². The van der Waals surface area contributed by atoms with Crippen LogP contribution in [0.1, 0.15) is 15.9 Å². The zero-order valence-corrected chi connectivity index (χ0v) is 18.7. The fourth-order valence-electron chi connectivity index (χ4n) is 4.22. The van der Waals surface area contributed by atoms with E-state index in [0.717, 1.165) is 28.6 Å². The molecule has 0 spiro atoms. The fraction of sp³-hybridized carbons (Fsp3) is 0.333. The van der Waals surface area contributed by atoms with Crippen molar-refractivity contribution in [1.29, 1.82) is 0 Å². The summed E-state index contributed by atoms with van der Waals surface area (Å²) in [6, 6.07) is 9.54. The van der Waals surface area contributed by atoms with Crippen molar-refractivity contribution in [2.45, 2.75) is 19.6 Å². The SMILES string of the molecule is CNC(=O)c1cc(F)c(-c2cc3cc(C)ccc3n2C[C@H]2CN(C(=O)OC)CCO2)c(F)c1. The first kappa shape index (κ1) is 22.7. The molecule has 174 valence electrons. The van der Waals surface area contributed by atoms with Crippen LogP contribution in [0.2, 0.25) is 0 Å². The molecule has 2 aromatic carbocycles. The number of ether oxygens (including phenoxy) is 2. The average molecular weight is 457 g/mol. The third kappa shape index (κ3) is 4.41. The number of benzene rings is 2. The Morgan fingerprint density at radius 3 is 2.58 bits per heavy atom. The van der Waals surface area contributed by atoms with Gasteiger partial charge in [-0.15, -0.1) is 0 Å². The van der Waals surface area contributed by atoms with Crippen LogP contribution in [0, 0.1) is 18.6 Å². The normalized spacial score (nSPS) is 16.2. The fourth-order valence-corrected chi connectivity index (χ4v) is 4.22. The van der Waals surface area contributed by atoms with Crippen LogP contribution < -0.4 is 5.32 Å². The maximum Gasteiger partial charge on any atom is 0.409 e. The molecule has 4 rings (SSSR count). The highest BCUT2D eigenvalue weighted by Crippen LogP contribution is 2.34. The molecular weight excluding hydrogens is 432 g/mol. The van der Waals surface area contributed by atoms with Gasteiger partial charge in [0.25, 0.3) is 5.91 Å². The van der Waals surface area contributed by atoms with E-state index in [1.54, 1.807) is 15.5 Å². The molecule has 1 aromatic heterocycles. The lowest BCUT2D eigenvalue weighted by Crippen LogP contribution is -2.47. The van der Waals surface area contributed by atoms with Gasteiger partial charge < -0.3 is 24.3 Å². The second-order valence-corrected chi connectivity index (χ2v) is 8.01. The number of nitrogens with one attached hydrogen (secondary N) is 1. The van der Waals surface area contributed by atoms with Gasteiger partial charge in [-0.25, -0.2) is 13.6 Å². The van der Waals surface area contributed by atoms with Gasteiger partial charge in [-0.2, -0.15) is 0 Å². The number of aryl methyl sites for hydroxylation is 1. The number of hydrogen-bond donors (Lipinski definition) is 1. The van der Waals surface area contributed by atoms with Gasteiger partial charge in [0.2, 0.25) is 0 Å². The zero-order valence-electron chi connectivity index (χ0n) is 18.7. The summed E-state index contributed by atoms with van der Waals surface area (Å²) in [5.74, 6) is -2.25. The van der Waals surface area contributed by atoms with Gasteiger partial charge in [0.1, 0.15) is 11.6 Å². The van der Waals surface area contributed by atoms with Gasteiger partial charge in [-0.05, 0) is 37.3 Å². The van der Waals surface area contributed by atoms with Crippen LogP contribution in [0.3, 0.4) is 0 Å². The molecule has 1 fully saturated rings. The Bertz CT molecular complexity index is 1200. The molecule has 7 nitrogen and oxygen atoms in total. The first-order valence-corrected chi connectivity index (χ1v) is 10.6. The molecule has 1 saturated heterocycles. The lowest BCUT2D eigenvalue weighted by atomic mass is 10.1. The smallest absolute Gasteiger partial charge is 0.409 e. The summed E-state index contributed by atoms with van der Waals surface area (Å²) in [6.07, 6.45) is -0.844. The summed E-state index contributed by atoms with van der Waals surface area (Å²) in [7, 11) is 2.72. The van der Waals surface area contributed by atoms with E-state index in [4.69, 9.17) is 9.47 Å². The van der Waals surface area contributed by atoms with E-state index in [1.165, 1.54) is 14.2 Å². The molecule has 2 heterocycles. The monoisotopic (exact) mass is 457 g/mol. The summed E-state index contributed by atoms with van der Waals surface area (Å²) < 4.78 is 42.7. The van der Waals surface area contributed by atoms with Gasteiger partial charge in [0.15, 0.2) is 0 Å². The molecule has 3 aromatic rings. The summed E-state index contributed by atoms with van der Waals surface area (Å²) in [5, 5.41) is 3.19. The van der Waals surface area contributed by atoms with Gasteiger partial charge in [0, 0.05) is 30.1 Å². The number of halogens is 2. The zero-order chi connectivity index (χ0) is 23.7. The molecule has 1 aliphatic rings. The van der Waals surface area contributed by atoms with Crippen molar-refractivity contribution < 1.29 is 27.8 Å². The van der Waals surface area contributed by atoms with Crippen molar-refractivity contribution in [2.24, 2.45) is 0 Å². The molecule has 1 N–H and O–H groups in total. The Morgan fingerprint density at radius 1 is 1.18 bits per heavy atom. The van der Waals surface area contributed by atoms with Crippen molar-refractivity contribution in [3.63, 3.8) is 0 Å². The van der Waals surface area contributed by atoms with E-state index in [2.05, 4.69) is 5.32 Å². The first-order valence-electron chi connectivity index (χ1n) is 10.6. The van der Waals surface area contributed by atoms with E-state index in [1.807, 2.05) is 25.1 Å². The maximum absolute atomic E-state index is 15.1. The number of carbonyl (C=O) groups excluding carboxylic acids is 2. The molecule has 0 unspecified atom stereocenters. The Morgan fingerprint density at radius 2 is 1.91 bits per heavy atom. The minimum absolute atomic E-state index is 0.0981. The van der Waals surface area contributed by atoms with Crippen LogP contribution in [-0.2, 0) is 16.0 Å². The molecule has 9 heteroatoms. The Kier molecular flexibility index (Phi) is 6.33. The highest BCUT2D eigenvalue weighted by molar-refractivity contribution is 5.95. The molecular formula is C24H25F2N3O4. The van der Waals surface area contributed by atoms with Crippen molar-refractivity contribution in [1.82, 2.24) is 14.8 Å². The number of nitrogens with zero attached hydrogens (tertiary/aromatic N) is 2. The average Bonchev–Trinajstić information content (AvgIpc) is 3.14. The number of methoxy groups -OCH3 is 1. The molecule has 1 atom stereocenters. The molecule has 0 aliphatic carbocycles. The Balaban J connectivity index is 1.79. The predicted octanol–water partition coefficient (Wildman–Crippen LogP) is 3.72. The van der Waals surface area contributed by atoms with Crippen molar-refractivity contribution in [3.05, 3.63) is 59.2 Å². The molecule has 0 bridgehead atoms. The van der Waals surface area contributed by atoms with Crippen molar-refractivity contribution >= 4 is 22.9 Å². The minimum Gasteiger partial charge on any atom is -0.453 e. The predicted molar refractivity (Wildman–Crippen MR) is 119 cm³/mol. The van der Waals surface area contributed by atoms with Gasteiger partial charge >= 0.3 is 6.09 Å². The maximum atomic E-state index is 15.1. The molecule has 0 radical (unpaired) electrons. The largest absolute Gasteiger partial charge is 0.453 e. The van der Waals surface area contributed by atoms with Crippen LogP contribution in [-0.4, -0.2) is 61.4 Å². The van der Waals surface area contributed by atoms with Crippen LogP contribution in [0.4, 0.5) is 13.6 Å². The number of hydrogen-bond acceptors (Lipinski definition) is 4. The van der Waals surface area contributed by atoms with E-state index in [0.29, 0.717) is 18.8 Å². The lowest BCUT2D eigenvalue weighted by molar-refractivity contribution is -0.0309. The standard InChI is InChI=1S/C24H25F2N3O4/c1-14-4-5-20-15(8-14)11-21(22-18(25)9-16(10-19(22)26)23(30)27-2)29(20)13-17-12-28(6-7-33-17)24(31)32-3/h4-5,8-11,17H,6-7,12-13H2,1-3H3,(H,27,30)/t17-/m1/s1. The summed E-state index contributed by atoms with van der Waals surface area (Å²) in [6.45, 7) is 3.24. The third-order valence-electron chi connectivity index (χ3n) is 5.80. The van der Waals surface area contributed by atoms with E-state index in [9.17, 15) is 9.59 Å². The number of morpholine rings is 1. The third-order valence-corrected chi connectivity index (χ3v) is 5.80. The molecule has 2 amide bonds. The Labute approximate surface area is 189 Å². The second-order valence-electron chi connectivity index (χ2n) is 8.01. The number of carbonyl (C=O) groups is 2. The molecule has 1 aliphatic heterocycles. The molecule has 33 heavy (non-hydrogen) atoms. The number of rotatable bonds is 4. The quantitative estimate of drug-likeness (QED) is 0.648. The van der Waals surface area contributed by atoms with Gasteiger partial charge in [-0.3, -0.25) is 4.79 Å². The van der Waals surface area contributed by atoms with Crippen LogP contribution >= 0.6 is 0 Å².